The van der Waals surface area contributed by atoms with Gasteiger partial charge in [0.1, 0.15) is 11.6 Å². The topological polar surface area (TPSA) is 100 Å². The monoisotopic (exact) mass is 392 g/mol. The smallest absolute Gasteiger partial charge is 0.231 e. The predicted octanol–water partition coefficient (Wildman–Crippen LogP) is 3.09. The molecule has 1 aliphatic rings. The summed E-state index contributed by atoms with van der Waals surface area (Å²) in [6.07, 6.45) is 0. The van der Waals surface area contributed by atoms with E-state index in [1.54, 1.807) is 25.2 Å². The molecule has 2 aromatic heterocycles. The minimum Gasteiger partial charge on any atom is -0.454 e. The molecule has 0 saturated carbocycles. The van der Waals surface area contributed by atoms with Crippen molar-refractivity contribution < 1.29 is 13.9 Å². The van der Waals surface area contributed by atoms with E-state index in [4.69, 9.17) is 15.2 Å². The van der Waals surface area contributed by atoms with Crippen molar-refractivity contribution in [3.63, 3.8) is 0 Å². The number of anilines is 2. The Morgan fingerprint density at radius 3 is 2.83 bits per heavy atom. The molecule has 0 aliphatic carbocycles. The Balaban J connectivity index is 1.54. The van der Waals surface area contributed by atoms with Gasteiger partial charge in [-0.2, -0.15) is 10.1 Å². The highest BCUT2D eigenvalue weighted by Gasteiger charge is 2.19. The molecule has 2 aromatic carbocycles. The number of nitrogens with one attached hydrogen (secondary N) is 1. The first-order valence-corrected chi connectivity index (χ1v) is 8.97. The molecule has 3 N–H and O–H groups in total. The molecule has 5 rings (SSSR count). The predicted molar refractivity (Wildman–Crippen MR) is 106 cm³/mol. The van der Waals surface area contributed by atoms with Crippen LogP contribution in [0.25, 0.3) is 22.3 Å². The third kappa shape index (κ3) is 2.96. The van der Waals surface area contributed by atoms with Gasteiger partial charge in [0.25, 0.3) is 0 Å². The third-order valence-corrected chi connectivity index (χ3v) is 4.76. The summed E-state index contributed by atoms with van der Waals surface area (Å²) in [5.74, 6) is 1.73. The van der Waals surface area contributed by atoms with Crippen molar-refractivity contribution in [2.24, 2.45) is 7.05 Å². The van der Waals surface area contributed by atoms with Crippen LogP contribution in [0.1, 0.15) is 5.56 Å². The standard InChI is InChI=1S/C20H17FN6O2/c1-27-18(22)16-17(12-4-2-3-5-13(12)21)24-20(25-19(16)26-27)23-9-11-6-7-14-15(8-11)29-10-28-14/h2-8H,9-10,22H2,1H3,(H,23,25,26). The summed E-state index contributed by atoms with van der Waals surface area (Å²) in [6.45, 7) is 0.667. The number of rotatable bonds is 4. The average molecular weight is 392 g/mol. The molecule has 146 valence electrons. The van der Waals surface area contributed by atoms with E-state index in [1.165, 1.54) is 10.7 Å². The van der Waals surface area contributed by atoms with Gasteiger partial charge in [-0.05, 0) is 29.8 Å². The van der Waals surface area contributed by atoms with Gasteiger partial charge in [-0.15, -0.1) is 0 Å². The van der Waals surface area contributed by atoms with E-state index >= 15 is 0 Å². The van der Waals surface area contributed by atoms with Gasteiger partial charge in [-0.3, -0.25) is 4.68 Å². The van der Waals surface area contributed by atoms with Crippen molar-refractivity contribution in [1.82, 2.24) is 19.7 Å². The van der Waals surface area contributed by atoms with Crippen molar-refractivity contribution >= 4 is 22.8 Å². The second kappa shape index (κ2) is 6.62. The lowest BCUT2D eigenvalue weighted by atomic mass is 10.1. The molecule has 8 nitrogen and oxygen atoms in total. The van der Waals surface area contributed by atoms with Gasteiger partial charge in [-0.25, -0.2) is 9.37 Å². The number of nitrogen functional groups attached to an aromatic ring is 1. The number of nitrogens with zero attached hydrogens (tertiary/aromatic N) is 4. The molecule has 29 heavy (non-hydrogen) atoms. The van der Waals surface area contributed by atoms with Gasteiger partial charge >= 0.3 is 0 Å². The fourth-order valence-electron chi connectivity index (χ4n) is 3.27. The molecule has 3 heterocycles. The Hall–Kier alpha value is -3.88. The van der Waals surface area contributed by atoms with Gasteiger partial charge in [0.05, 0.1) is 11.1 Å². The highest BCUT2D eigenvalue weighted by Crippen LogP contribution is 2.34. The Kier molecular flexibility index (Phi) is 3.94. The number of ether oxygens (including phenoxy) is 2. The lowest BCUT2D eigenvalue weighted by Gasteiger charge is -2.09. The number of aromatic nitrogens is 4. The molecular formula is C20H17FN6O2. The molecule has 0 saturated heterocycles. The number of fused-ring (bicyclic) bond motifs is 2. The van der Waals surface area contributed by atoms with Crippen LogP contribution in [0.2, 0.25) is 0 Å². The second-order valence-corrected chi connectivity index (χ2v) is 6.62. The van der Waals surface area contributed by atoms with Crippen LogP contribution in [-0.2, 0) is 13.6 Å². The molecule has 0 bridgehead atoms. The molecule has 0 radical (unpaired) electrons. The fraction of sp³-hybridized carbons (Fsp3) is 0.150. The van der Waals surface area contributed by atoms with Crippen LogP contribution in [-0.4, -0.2) is 26.5 Å². The highest BCUT2D eigenvalue weighted by molar-refractivity contribution is 5.98. The van der Waals surface area contributed by atoms with E-state index in [2.05, 4.69) is 20.4 Å². The first-order valence-electron chi connectivity index (χ1n) is 8.97. The summed E-state index contributed by atoms with van der Waals surface area (Å²) in [7, 11) is 1.71. The summed E-state index contributed by atoms with van der Waals surface area (Å²) in [6, 6.07) is 12.1. The molecule has 0 unspecified atom stereocenters. The third-order valence-electron chi connectivity index (χ3n) is 4.76. The zero-order chi connectivity index (χ0) is 20.0. The van der Waals surface area contributed by atoms with Gasteiger partial charge < -0.3 is 20.5 Å². The van der Waals surface area contributed by atoms with Crippen molar-refractivity contribution in [2.45, 2.75) is 6.54 Å². The Labute approximate surface area is 165 Å². The van der Waals surface area contributed by atoms with Crippen LogP contribution >= 0.6 is 0 Å². The first-order chi connectivity index (χ1) is 14.1. The summed E-state index contributed by atoms with van der Waals surface area (Å²) in [4.78, 5) is 8.99. The summed E-state index contributed by atoms with van der Waals surface area (Å²) in [5, 5.41) is 8.02. The van der Waals surface area contributed by atoms with Crippen molar-refractivity contribution in [3.8, 4) is 22.8 Å². The van der Waals surface area contributed by atoms with Gasteiger partial charge in [0.2, 0.25) is 12.7 Å². The molecular weight excluding hydrogens is 375 g/mol. The maximum Gasteiger partial charge on any atom is 0.231 e. The molecule has 4 aromatic rings. The number of nitrogens with two attached hydrogens (primary N) is 1. The van der Waals surface area contributed by atoms with Gasteiger partial charge in [-0.1, -0.05) is 18.2 Å². The lowest BCUT2D eigenvalue weighted by Crippen LogP contribution is -2.05. The van der Waals surface area contributed by atoms with Gasteiger partial charge in [0, 0.05) is 19.2 Å². The van der Waals surface area contributed by atoms with Crippen molar-refractivity contribution in [3.05, 3.63) is 53.8 Å². The fourth-order valence-corrected chi connectivity index (χ4v) is 3.27. The van der Waals surface area contributed by atoms with Crippen LogP contribution in [0.4, 0.5) is 16.2 Å². The van der Waals surface area contributed by atoms with E-state index < -0.39 is 5.82 Å². The molecule has 1 aliphatic heterocycles. The molecule has 0 spiro atoms. The zero-order valence-corrected chi connectivity index (χ0v) is 15.5. The number of hydrogen-bond donors (Lipinski definition) is 2. The number of benzene rings is 2. The summed E-state index contributed by atoms with van der Waals surface area (Å²) < 4.78 is 26.7. The largest absolute Gasteiger partial charge is 0.454 e. The second-order valence-electron chi connectivity index (χ2n) is 6.62. The van der Waals surface area contributed by atoms with Crippen LogP contribution in [0.3, 0.4) is 0 Å². The van der Waals surface area contributed by atoms with E-state index in [-0.39, 0.29) is 6.79 Å². The molecule has 0 fully saturated rings. The SMILES string of the molecule is Cn1nc2nc(NCc3ccc4c(c3)OCO4)nc(-c3ccccc3F)c2c1N. The quantitative estimate of drug-likeness (QED) is 0.550. The number of halogens is 1. The lowest BCUT2D eigenvalue weighted by molar-refractivity contribution is 0.174. The Morgan fingerprint density at radius 1 is 1.14 bits per heavy atom. The van der Waals surface area contributed by atoms with Crippen LogP contribution in [0.15, 0.2) is 42.5 Å². The van der Waals surface area contributed by atoms with E-state index in [0.717, 1.165) is 11.3 Å². The zero-order valence-electron chi connectivity index (χ0n) is 15.5. The maximum atomic E-state index is 14.5. The molecule has 0 amide bonds. The number of aryl methyl sites for hydroxylation is 1. The minimum atomic E-state index is -0.391. The van der Waals surface area contributed by atoms with Crippen molar-refractivity contribution in [2.75, 3.05) is 17.8 Å². The average Bonchev–Trinajstić information content (AvgIpc) is 3.30. The Morgan fingerprint density at radius 2 is 1.97 bits per heavy atom. The summed E-state index contributed by atoms with van der Waals surface area (Å²) in [5.41, 5.74) is 8.24. The van der Waals surface area contributed by atoms with Crippen LogP contribution < -0.4 is 20.5 Å². The highest BCUT2D eigenvalue weighted by atomic mass is 19.1. The van der Waals surface area contributed by atoms with Gasteiger partial charge in [0.15, 0.2) is 17.1 Å². The first kappa shape index (κ1) is 17.2. The van der Waals surface area contributed by atoms with E-state index in [0.29, 0.717) is 46.4 Å². The normalized spacial score (nSPS) is 12.5. The van der Waals surface area contributed by atoms with Crippen LogP contribution in [0.5, 0.6) is 11.5 Å². The minimum absolute atomic E-state index is 0.221. The Bertz CT molecular complexity index is 1240. The van der Waals surface area contributed by atoms with E-state index in [9.17, 15) is 4.39 Å². The van der Waals surface area contributed by atoms with E-state index in [1.807, 2.05) is 18.2 Å². The molecule has 9 heteroatoms. The molecule has 0 atom stereocenters. The van der Waals surface area contributed by atoms with Crippen molar-refractivity contribution in [1.29, 1.82) is 0 Å². The van der Waals surface area contributed by atoms with Crippen LogP contribution in [0, 0.1) is 5.82 Å². The number of hydrogen-bond acceptors (Lipinski definition) is 7. The maximum absolute atomic E-state index is 14.5. The summed E-state index contributed by atoms with van der Waals surface area (Å²) >= 11 is 0.